The minimum Gasteiger partial charge on any atom is -0.406 e. The van der Waals surface area contributed by atoms with E-state index in [9.17, 15) is 13.2 Å². The van der Waals surface area contributed by atoms with Crippen molar-refractivity contribution in [3.63, 3.8) is 0 Å². The van der Waals surface area contributed by atoms with Crippen molar-refractivity contribution in [3.8, 4) is 22.8 Å². The average molecular weight is 655 g/mol. The zero-order valence-electron chi connectivity index (χ0n) is 24.1. The van der Waals surface area contributed by atoms with Gasteiger partial charge in [0.1, 0.15) is 12.1 Å². The molecule has 0 atom stereocenters. The lowest BCUT2D eigenvalue weighted by molar-refractivity contribution is -0.274. The van der Waals surface area contributed by atoms with Crippen molar-refractivity contribution in [2.75, 3.05) is 17.2 Å². The Morgan fingerprint density at radius 2 is 1.82 bits per heavy atom. The third kappa shape index (κ3) is 7.82. The summed E-state index contributed by atoms with van der Waals surface area (Å²) < 4.78 is 42.6. The van der Waals surface area contributed by atoms with Crippen LogP contribution in [-0.4, -0.2) is 48.7 Å². The maximum atomic E-state index is 12.4. The Bertz CT molecular complexity index is 1690. The number of alkyl halides is 3. The van der Waals surface area contributed by atoms with Crippen molar-refractivity contribution >= 4 is 57.2 Å². The molecule has 0 amide bonds. The molecular formula is C31H29F3N6OS3. The first-order valence-electron chi connectivity index (χ1n) is 13.8. The van der Waals surface area contributed by atoms with Gasteiger partial charge in [0, 0.05) is 12.1 Å². The van der Waals surface area contributed by atoms with Crippen LogP contribution < -0.4 is 15.0 Å². The number of thiocarbonyl (C=S) groups is 2. The second-order valence-electron chi connectivity index (χ2n) is 10.4. The third-order valence-electron chi connectivity index (χ3n) is 6.74. The quantitative estimate of drug-likeness (QED) is 0.195. The van der Waals surface area contributed by atoms with Crippen molar-refractivity contribution in [1.82, 2.24) is 20.1 Å². The summed E-state index contributed by atoms with van der Waals surface area (Å²) in [5.41, 5.74) is 5.89. The summed E-state index contributed by atoms with van der Waals surface area (Å²) in [6, 6.07) is 19.7. The summed E-state index contributed by atoms with van der Waals surface area (Å²) >= 11 is 12.8. The number of hydrogen-bond acceptors (Lipinski definition) is 6. The van der Waals surface area contributed by atoms with Crippen LogP contribution >= 0.6 is 36.2 Å². The SMILES string of the molecule is Cc1ccc(C(C)C)c(N2C(=S)CS/C2=N\C(=S)NCCc2ccc(-c3ncn(-c4ccc(OC(F)(F)F)cc4)n3)cc2)c1. The van der Waals surface area contributed by atoms with E-state index in [-0.39, 0.29) is 5.75 Å². The summed E-state index contributed by atoms with van der Waals surface area (Å²) in [4.78, 5) is 11.9. The van der Waals surface area contributed by atoms with Crippen LogP contribution in [0.4, 0.5) is 18.9 Å². The van der Waals surface area contributed by atoms with Crippen molar-refractivity contribution < 1.29 is 17.9 Å². The Morgan fingerprint density at radius 3 is 2.50 bits per heavy atom. The number of halogens is 3. The van der Waals surface area contributed by atoms with Gasteiger partial charge in [-0.2, -0.15) is 4.99 Å². The molecule has 3 aromatic carbocycles. The molecule has 5 rings (SSSR count). The van der Waals surface area contributed by atoms with E-state index in [1.807, 2.05) is 29.2 Å². The van der Waals surface area contributed by atoms with Gasteiger partial charge in [-0.05, 0) is 78.5 Å². The Labute approximate surface area is 268 Å². The number of nitrogens with zero attached hydrogens (tertiary/aromatic N) is 5. The molecule has 228 valence electrons. The second-order valence-corrected chi connectivity index (χ2v) is 12.2. The van der Waals surface area contributed by atoms with Gasteiger partial charge in [-0.3, -0.25) is 4.90 Å². The van der Waals surface area contributed by atoms with Crippen LogP contribution in [-0.2, 0) is 6.42 Å². The Kier molecular flexibility index (Phi) is 9.66. The van der Waals surface area contributed by atoms with E-state index in [2.05, 4.69) is 59.1 Å². The van der Waals surface area contributed by atoms with E-state index in [1.165, 1.54) is 40.8 Å². The molecule has 0 unspecified atom stereocenters. The van der Waals surface area contributed by atoms with Crippen LogP contribution in [0.25, 0.3) is 17.1 Å². The predicted molar refractivity (Wildman–Crippen MR) is 178 cm³/mol. The van der Waals surface area contributed by atoms with E-state index in [0.717, 1.165) is 39.0 Å². The summed E-state index contributed by atoms with van der Waals surface area (Å²) in [7, 11) is 0. The summed E-state index contributed by atoms with van der Waals surface area (Å²) in [6.07, 6.45) is -2.51. The number of aromatic nitrogens is 3. The number of rotatable bonds is 8. The molecule has 13 heteroatoms. The zero-order chi connectivity index (χ0) is 31.4. The first-order valence-corrected chi connectivity index (χ1v) is 15.6. The highest BCUT2D eigenvalue weighted by Crippen LogP contribution is 2.34. The van der Waals surface area contributed by atoms with Crippen molar-refractivity contribution in [3.05, 3.63) is 89.7 Å². The molecule has 1 fully saturated rings. The molecule has 1 aliphatic rings. The molecular weight excluding hydrogens is 626 g/mol. The van der Waals surface area contributed by atoms with Gasteiger partial charge in [0.2, 0.25) is 0 Å². The van der Waals surface area contributed by atoms with Crippen LogP contribution in [0.15, 0.2) is 78.0 Å². The maximum Gasteiger partial charge on any atom is 0.573 e. The number of ether oxygens (including phenoxy) is 1. The van der Waals surface area contributed by atoms with E-state index in [0.29, 0.717) is 34.8 Å². The number of aryl methyl sites for hydroxylation is 1. The molecule has 4 aromatic rings. The highest BCUT2D eigenvalue weighted by Gasteiger charge is 2.31. The standard InChI is InChI=1S/C31H29F3N6OS3/c1-19(2)25-13-4-20(3)16-26(25)40-27(42)17-44-30(40)37-29(43)35-15-14-21-5-7-22(8-6-21)28-36-18-39(38-28)23-9-11-24(12-10-23)41-31(32,33)34/h4-13,16,18-19H,14-15,17H2,1-3H3,(H,35,43)/b37-30-. The molecule has 1 aliphatic heterocycles. The molecule has 1 saturated heterocycles. The molecule has 1 aromatic heterocycles. The molecule has 0 spiro atoms. The normalized spacial score (nSPS) is 14.5. The number of amidine groups is 1. The molecule has 44 heavy (non-hydrogen) atoms. The molecule has 0 radical (unpaired) electrons. The fourth-order valence-corrected chi connectivity index (χ4v) is 6.14. The Balaban J connectivity index is 1.17. The Morgan fingerprint density at radius 1 is 1.09 bits per heavy atom. The van der Waals surface area contributed by atoms with Crippen molar-refractivity contribution in [2.24, 2.45) is 4.99 Å². The molecule has 0 aliphatic carbocycles. The lowest BCUT2D eigenvalue weighted by Gasteiger charge is -2.24. The topological polar surface area (TPSA) is 67.6 Å². The van der Waals surface area contributed by atoms with Crippen LogP contribution in [0.5, 0.6) is 5.75 Å². The largest absolute Gasteiger partial charge is 0.573 e. The van der Waals surface area contributed by atoms with Gasteiger partial charge >= 0.3 is 6.36 Å². The molecule has 1 N–H and O–H groups in total. The second kappa shape index (κ2) is 13.4. The fourth-order valence-electron chi connectivity index (χ4n) is 4.60. The number of benzene rings is 3. The van der Waals surface area contributed by atoms with Crippen LogP contribution in [0.3, 0.4) is 0 Å². The zero-order valence-corrected chi connectivity index (χ0v) is 26.6. The van der Waals surface area contributed by atoms with E-state index < -0.39 is 6.36 Å². The molecule has 0 saturated carbocycles. The van der Waals surface area contributed by atoms with E-state index in [4.69, 9.17) is 29.4 Å². The monoisotopic (exact) mass is 654 g/mol. The van der Waals surface area contributed by atoms with E-state index in [1.54, 1.807) is 11.8 Å². The smallest absolute Gasteiger partial charge is 0.406 e. The third-order valence-corrected chi connectivity index (χ3v) is 8.44. The van der Waals surface area contributed by atoms with Gasteiger partial charge in [-0.1, -0.05) is 74.2 Å². The van der Waals surface area contributed by atoms with Crippen LogP contribution in [0.2, 0.25) is 0 Å². The van der Waals surface area contributed by atoms with Crippen molar-refractivity contribution in [1.29, 1.82) is 0 Å². The maximum absolute atomic E-state index is 12.4. The number of hydrogen-bond donors (Lipinski definition) is 1. The average Bonchev–Trinajstić information content (AvgIpc) is 3.60. The van der Waals surface area contributed by atoms with Gasteiger partial charge in [0.25, 0.3) is 0 Å². The van der Waals surface area contributed by atoms with Gasteiger partial charge in [-0.15, -0.1) is 18.3 Å². The fraction of sp³-hybridized carbons (Fsp3) is 0.258. The first-order chi connectivity index (χ1) is 21.0. The number of nitrogens with one attached hydrogen (secondary N) is 1. The van der Waals surface area contributed by atoms with Crippen LogP contribution in [0, 0.1) is 6.92 Å². The first kappa shape index (κ1) is 31.6. The predicted octanol–water partition coefficient (Wildman–Crippen LogP) is 7.62. The number of thioether (sulfide) groups is 1. The lowest BCUT2D eigenvalue weighted by atomic mass is 9.99. The van der Waals surface area contributed by atoms with E-state index >= 15 is 0 Å². The highest BCUT2D eigenvalue weighted by atomic mass is 32.2. The summed E-state index contributed by atoms with van der Waals surface area (Å²) in [5, 5.41) is 8.88. The molecule has 7 nitrogen and oxygen atoms in total. The lowest BCUT2D eigenvalue weighted by Crippen LogP contribution is -2.31. The van der Waals surface area contributed by atoms with Crippen molar-refractivity contribution in [2.45, 2.75) is 39.5 Å². The van der Waals surface area contributed by atoms with Gasteiger partial charge in [0.15, 0.2) is 16.1 Å². The highest BCUT2D eigenvalue weighted by molar-refractivity contribution is 8.16. The summed E-state index contributed by atoms with van der Waals surface area (Å²) in [5.74, 6) is 1.22. The molecule has 2 heterocycles. The van der Waals surface area contributed by atoms with Gasteiger partial charge < -0.3 is 10.1 Å². The minimum atomic E-state index is -4.74. The van der Waals surface area contributed by atoms with Gasteiger partial charge in [0.05, 0.1) is 22.1 Å². The molecule has 0 bridgehead atoms. The summed E-state index contributed by atoms with van der Waals surface area (Å²) in [6.45, 7) is 7.01. The van der Waals surface area contributed by atoms with Crippen LogP contribution in [0.1, 0.15) is 36.5 Å². The Hall–Kier alpha value is -3.81. The minimum absolute atomic E-state index is 0.300. The number of aliphatic imine (C=N–C) groups is 1. The van der Waals surface area contributed by atoms with Gasteiger partial charge in [-0.25, -0.2) is 9.67 Å². The number of anilines is 1.